The van der Waals surface area contributed by atoms with E-state index in [1.807, 2.05) is 0 Å². The van der Waals surface area contributed by atoms with E-state index in [0.717, 1.165) is 11.1 Å². The third-order valence-corrected chi connectivity index (χ3v) is 4.58. The number of halogens is 1. The number of aliphatic hydroxyl groups excluding tert-OH is 1. The van der Waals surface area contributed by atoms with Crippen LogP contribution in [-0.2, 0) is 25.5 Å². The Hall–Kier alpha value is -2.25. The van der Waals surface area contributed by atoms with Crippen molar-refractivity contribution in [1.82, 2.24) is 0 Å². The van der Waals surface area contributed by atoms with Crippen LogP contribution in [0.5, 0.6) is 5.75 Å². The second kappa shape index (κ2) is 7.55. The Morgan fingerprint density at radius 2 is 1.81 bits per heavy atom. The summed E-state index contributed by atoms with van der Waals surface area (Å²) in [6.45, 7) is 0. The van der Waals surface area contributed by atoms with Crippen molar-refractivity contribution in [3.05, 3.63) is 64.2 Å². The van der Waals surface area contributed by atoms with Gasteiger partial charge in [-0.25, -0.2) is 0 Å². The number of rotatable bonds is 4. The number of methoxy groups -OCH3 is 1. The third kappa shape index (κ3) is 3.64. The molecule has 1 fully saturated rings. The second-order valence-electron chi connectivity index (χ2n) is 5.99. The number of carbonyl (C=O) groups is 2. The molecule has 0 saturated carbocycles. The van der Waals surface area contributed by atoms with E-state index in [1.165, 1.54) is 7.11 Å². The predicted molar refractivity (Wildman–Crippen MR) is 93.0 cm³/mol. The van der Waals surface area contributed by atoms with Crippen LogP contribution in [0.15, 0.2) is 42.5 Å². The molecular weight excluding hydrogens is 360 g/mol. The third-order valence-electron chi connectivity index (χ3n) is 4.21. The fourth-order valence-corrected chi connectivity index (χ4v) is 3.00. The summed E-state index contributed by atoms with van der Waals surface area (Å²) < 4.78 is 10.3. The molecule has 0 spiro atoms. The number of hydrogen-bond donors (Lipinski definition) is 2. The lowest BCUT2D eigenvalue weighted by Crippen LogP contribution is -2.49. The highest BCUT2D eigenvalue weighted by molar-refractivity contribution is 6.31. The first kappa shape index (κ1) is 18.5. The van der Waals surface area contributed by atoms with Gasteiger partial charge in [-0.15, -0.1) is 0 Å². The Balaban J connectivity index is 1.90. The van der Waals surface area contributed by atoms with Gasteiger partial charge in [0.15, 0.2) is 6.10 Å². The van der Waals surface area contributed by atoms with Gasteiger partial charge in [0, 0.05) is 12.1 Å². The predicted octanol–water partition coefficient (Wildman–Crippen LogP) is 2.18. The first-order valence-corrected chi connectivity index (χ1v) is 8.28. The lowest BCUT2D eigenvalue weighted by molar-refractivity contribution is -0.202. The van der Waals surface area contributed by atoms with Crippen LogP contribution in [0.25, 0.3) is 0 Å². The largest absolute Gasteiger partial charge is 0.508 e. The van der Waals surface area contributed by atoms with Crippen LogP contribution in [0, 0.1) is 0 Å². The van der Waals surface area contributed by atoms with Crippen molar-refractivity contribution in [1.29, 1.82) is 0 Å². The van der Waals surface area contributed by atoms with Gasteiger partial charge in [-0.3, -0.25) is 9.59 Å². The topological polar surface area (TPSA) is 93.1 Å². The molecule has 1 saturated heterocycles. The first-order chi connectivity index (χ1) is 12.4. The van der Waals surface area contributed by atoms with E-state index < -0.39 is 30.1 Å². The molecular formula is C19H17ClO6. The Bertz CT molecular complexity index is 832. The van der Waals surface area contributed by atoms with Crippen LogP contribution in [0.2, 0.25) is 5.02 Å². The molecule has 6 nitrogen and oxygen atoms in total. The number of hydrogen-bond acceptors (Lipinski definition) is 6. The maximum Gasteiger partial charge on any atom is 0.224 e. The Morgan fingerprint density at radius 1 is 1.12 bits per heavy atom. The zero-order valence-electron chi connectivity index (χ0n) is 13.9. The molecule has 2 aromatic rings. The summed E-state index contributed by atoms with van der Waals surface area (Å²) in [6.07, 6.45) is -3.73. The minimum Gasteiger partial charge on any atom is -0.508 e. The molecule has 136 valence electrons. The average molecular weight is 377 g/mol. The minimum atomic E-state index is -1.78. The van der Waals surface area contributed by atoms with Gasteiger partial charge in [-0.2, -0.15) is 0 Å². The highest BCUT2D eigenvalue weighted by Gasteiger charge is 2.44. The number of Topliss-reactive ketones (excluding diaryl/α,β-unsaturated/α-hetero) is 2. The Morgan fingerprint density at radius 3 is 2.46 bits per heavy atom. The SMILES string of the molecule is COC1O[C@@H](c2ccc(Cl)c(Cc3ccc(O)cc3)c2)C(=O)[C@@H](O)C1=O. The van der Waals surface area contributed by atoms with Crippen molar-refractivity contribution in [2.24, 2.45) is 0 Å². The van der Waals surface area contributed by atoms with Crippen molar-refractivity contribution in [3.63, 3.8) is 0 Å². The van der Waals surface area contributed by atoms with Gasteiger partial charge in [0.05, 0.1) is 0 Å². The van der Waals surface area contributed by atoms with Gasteiger partial charge in [0.1, 0.15) is 11.9 Å². The smallest absolute Gasteiger partial charge is 0.224 e. The molecule has 0 radical (unpaired) electrons. The number of ether oxygens (including phenoxy) is 2. The van der Waals surface area contributed by atoms with E-state index in [4.69, 9.17) is 21.1 Å². The molecule has 0 bridgehead atoms. The van der Waals surface area contributed by atoms with Crippen LogP contribution in [0.1, 0.15) is 22.8 Å². The van der Waals surface area contributed by atoms with Crippen molar-refractivity contribution < 1.29 is 29.3 Å². The lowest BCUT2D eigenvalue weighted by Gasteiger charge is -2.30. The molecule has 0 amide bonds. The maximum atomic E-state index is 12.3. The van der Waals surface area contributed by atoms with Gasteiger partial charge in [-0.1, -0.05) is 35.9 Å². The standard InChI is InChI=1S/C19H17ClO6/c1-25-19-17(24)15(22)16(23)18(26-19)11-4-7-14(20)12(9-11)8-10-2-5-13(21)6-3-10/h2-7,9,15,18-19,21-22H,8H2,1H3/t15-,18+,19?/m1/s1. The number of phenols is 1. The van der Waals surface area contributed by atoms with Crippen LogP contribution in [-0.4, -0.2) is 41.3 Å². The summed E-state index contributed by atoms with van der Waals surface area (Å²) in [6, 6.07) is 11.6. The van der Waals surface area contributed by atoms with E-state index in [0.29, 0.717) is 17.0 Å². The molecule has 2 aromatic carbocycles. The van der Waals surface area contributed by atoms with Crippen LogP contribution in [0.4, 0.5) is 0 Å². The van der Waals surface area contributed by atoms with Crippen molar-refractivity contribution >= 4 is 23.2 Å². The van der Waals surface area contributed by atoms with Crippen molar-refractivity contribution in [3.8, 4) is 5.75 Å². The maximum absolute atomic E-state index is 12.3. The van der Waals surface area contributed by atoms with E-state index >= 15 is 0 Å². The zero-order chi connectivity index (χ0) is 18.8. The molecule has 1 unspecified atom stereocenters. The summed E-state index contributed by atoms with van der Waals surface area (Å²) in [4.78, 5) is 24.0. The van der Waals surface area contributed by atoms with E-state index in [9.17, 15) is 19.8 Å². The number of carbonyl (C=O) groups excluding carboxylic acids is 2. The summed E-state index contributed by atoms with van der Waals surface area (Å²) >= 11 is 6.26. The molecule has 1 heterocycles. The molecule has 1 aliphatic rings. The monoisotopic (exact) mass is 376 g/mol. The van der Waals surface area contributed by atoms with E-state index in [2.05, 4.69) is 0 Å². The summed E-state index contributed by atoms with van der Waals surface area (Å²) in [5, 5.41) is 19.7. The van der Waals surface area contributed by atoms with Crippen LogP contribution >= 0.6 is 11.6 Å². The van der Waals surface area contributed by atoms with Gasteiger partial charge >= 0.3 is 0 Å². The normalized spacial score (nSPS) is 23.3. The molecule has 2 N–H and O–H groups in total. The first-order valence-electron chi connectivity index (χ1n) is 7.90. The average Bonchev–Trinajstić information content (AvgIpc) is 2.64. The molecule has 26 heavy (non-hydrogen) atoms. The number of ketones is 2. The minimum absolute atomic E-state index is 0.166. The van der Waals surface area contributed by atoms with Crippen LogP contribution in [0.3, 0.4) is 0 Å². The molecule has 3 atom stereocenters. The van der Waals surface area contributed by atoms with Gasteiger partial charge in [-0.05, 0) is 41.3 Å². The second-order valence-corrected chi connectivity index (χ2v) is 6.39. The molecule has 1 aliphatic heterocycles. The zero-order valence-corrected chi connectivity index (χ0v) is 14.6. The fraction of sp³-hybridized carbons (Fsp3) is 0.263. The molecule has 0 aromatic heterocycles. The van der Waals surface area contributed by atoms with Crippen molar-refractivity contribution in [2.75, 3.05) is 7.11 Å². The van der Waals surface area contributed by atoms with Crippen LogP contribution < -0.4 is 0 Å². The quantitative estimate of drug-likeness (QED) is 0.794. The van der Waals surface area contributed by atoms with Gasteiger partial charge in [0.25, 0.3) is 0 Å². The van der Waals surface area contributed by atoms with Gasteiger partial charge < -0.3 is 19.7 Å². The fourth-order valence-electron chi connectivity index (χ4n) is 2.81. The highest BCUT2D eigenvalue weighted by atomic mass is 35.5. The Labute approximate surface area is 154 Å². The van der Waals surface area contributed by atoms with E-state index in [1.54, 1.807) is 42.5 Å². The summed E-state index contributed by atoms with van der Waals surface area (Å²) in [5.74, 6) is -1.38. The summed E-state index contributed by atoms with van der Waals surface area (Å²) in [5.41, 5.74) is 2.14. The number of benzene rings is 2. The number of phenolic OH excluding ortho intramolecular Hbond substituents is 1. The van der Waals surface area contributed by atoms with E-state index in [-0.39, 0.29) is 5.75 Å². The lowest BCUT2D eigenvalue weighted by atomic mass is 9.94. The highest BCUT2D eigenvalue weighted by Crippen LogP contribution is 2.31. The molecule has 3 rings (SSSR count). The summed E-state index contributed by atoms with van der Waals surface area (Å²) in [7, 11) is 1.26. The number of aliphatic hydroxyl groups is 1. The Kier molecular flexibility index (Phi) is 5.38. The van der Waals surface area contributed by atoms with Gasteiger partial charge in [0.2, 0.25) is 17.9 Å². The molecule has 7 heteroatoms. The molecule has 0 aliphatic carbocycles. The van der Waals surface area contributed by atoms with Crippen molar-refractivity contribution in [2.45, 2.75) is 24.9 Å². The number of aromatic hydroxyl groups is 1.